The monoisotopic (exact) mass is 443 g/mol. The number of nitro benzene ring substituents is 1. The second kappa shape index (κ2) is 8.26. The lowest BCUT2D eigenvalue weighted by Gasteiger charge is -2.35. The molecule has 0 spiro atoms. The number of nitrogens with one attached hydrogen (secondary N) is 1. The van der Waals surface area contributed by atoms with E-state index in [2.05, 4.69) is 10.3 Å². The van der Waals surface area contributed by atoms with Crippen molar-refractivity contribution >= 4 is 39.7 Å². The van der Waals surface area contributed by atoms with Crippen LogP contribution in [0.4, 0.5) is 29.7 Å². The molecule has 1 fully saturated rings. The number of thiazole rings is 1. The van der Waals surface area contributed by atoms with Gasteiger partial charge < -0.3 is 9.80 Å². The van der Waals surface area contributed by atoms with Gasteiger partial charge in [0.15, 0.2) is 10.8 Å². The SMILES string of the molecule is CC(=O)N1CCN(c2ccc(C(=O)Nc3nc(C(F)(F)F)cs3)cc2[N+](=O)[O-])CC1. The molecule has 1 aromatic carbocycles. The summed E-state index contributed by atoms with van der Waals surface area (Å²) in [5.74, 6) is -0.888. The van der Waals surface area contributed by atoms with E-state index >= 15 is 0 Å². The predicted molar refractivity (Wildman–Crippen MR) is 103 cm³/mol. The number of benzene rings is 1. The van der Waals surface area contributed by atoms with Gasteiger partial charge in [-0.05, 0) is 12.1 Å². The number of carbonyl (C=O) groups excluding carboxylic acids is 2. The third-order valence-corrected chi connectivity index (χ3v) is 5.27. The van der Waals surface area contributed by atoms with E-state index in [0.29, 0.717) is 43.2 Å². The number of anilines is 2. The molecule has 0 atom stereocenters. The van der Waals surface area contributed by atoms with Gasteiger partial charge in [-0.2, -0.15) is 13.2 Å². The predicted octanol–water partition coefficient (Wildman–Crippen LogP) is 2.99. The first-order valence-corrected chi connectivity index (χ1v) is 9.57. The molecule has 2 amide bonds. The van der Waals surface area contributed by atoms with Crippen molar-refractivity contribution in [3.05, 3.63) is 45.0 Å². The van der Waals surface area contributed by atoms with Crippen molar-refractivity contribution in [1.29, 1.82) is 0 Å². The first-order valence-electron chi connectivity index (χ1n) is 8.69. The number of halogens is 3. The summed E-state index contributed by atoms with van der Waals surface area (Å²) >= 11 is 0.601. The number of piperazine rings is 1. The second-order valence-electron chi connectivity index (χ2n) is 6.44. The van der Waals surface area contributed by atoms with Gasteiger partial charge in [-0.15, -0.1) is 11.3 Å². The zero-order valence-electron chi connectivity index (χ0n) is 15.6. The van der Waals surface area contributed by atoms with E-state index in [1.807, 2.05) is 0 Å². The molecule has 0 bridgehead atoms. The summed E-state index contributed by atoms with van der Waals surface area (Å²) in [5, 5.41) is 14.3. The van der Waals surface area contributed by atoms with Crippen molar-refractivity contribution in [2.24, 2.45) is 0 Å². The Morgan fingerprint density at radius 2 is 1.90 bits per heavy atom. The summed E-state index contributed by atoms with van der Waals surface area (Å²) in [5.41, 5.74) is -1.23. The lowest BCUT2D eigenvalue weighted by molar-refractivity contribution is -0.384. The largest absolute Gasteiger partial charge is 0.434 e. The molecule has 0 aliphatic carbocycles. The van der Waals surface area contributed by atoms with Crippen molar-refractivity contribution in [2.75, 3.05) is 36.4 Å². The van der Waals surface area contributed by atoms with Crippen LogP contribution < -0.4 is 10.2 Å². The Kier molecular flexibility index (Phi) is 5.92. The van der Waals surface area contributed by atoms with Gasteiger partial charge >= 0.3 is 6.18 Å². The minimum absolute atomic E-state index is 0.0768. The van der Waals surface area contributed by atoms with Gasteiger partial charge in [-0.1, -0.05) is 0 Å². The van der Waals surface area contributed by atoms with Crippen molar-refractivity contribution in [3.8, 4) is 0 Å². The maximum absolute atomic E-state index is 12.6. The minimum Gasteiger partial charge on any atom is -0.362 e. The van der Waals surface area contributed by atoms with E-state index in [4.69, 9.17) is 0 Å². The maximum Gasteiger partial charge on any atom is 0.434 e. The maximum atomic E-state index is 12.6. The van der Waals surface area contributed by atoms with Gasteiger partial charge in [-0.25, -0.2) is 4.98 Å². The Hall–Kier alpha value is -3.22. The number of alkyl halides is 3. The van der Waals surface area contributed by atoms with Crippen LogP contribution in [0.1, 0.15) is 23.0 Å². The number of aromatic nitrogens is 1. The smallest absolute Gasteiger partial charge is 0.362 e. The summed E-state index contributed by atoms with van der Waals surface area (Å²) in [6, 6.07) is 3.84. The molecule has 30 heavy (non-hydrogen) atoms. The van der Waals surface area contributed by atoms with E-state index in [0.717, 1.165) is 11.4 Å². The lowest BCUT2D eigenvalue weighted by Crippen LogP contribution is -2.48. The van der Waals surface area contributed by atoms with Crippen LogP contribution in [0.3, 0.4) is 0 Å². The summed E-state index contributed by atoms with van der Waals surface area (Å²) in [7, 11) is 0. The molecular formula is C17H16F3N5O4S. The molecule has 9 nitrogen and oxygen atoms in total. The van der Waals surface area contributed by atoms with Gasteiger partial charge in [0.05, 0.1) is 4.92 Å². The highest BCUT2D eigenvalue weighted by Gasteiger charge is 2.34. The number of hydrogen-bond donors (Lipinski definition) is 1. The number of nitrogens with zero attached hydrogens (tertiary/aromatic N) is 4. The normalized spacial score (nSPS) is 14.5. The van der Waals surface area contributed by atoms with Gasteiger partial charge in [-0.3, -0.25) is 25.0 Å². The molecule has 1 aliphatic rings. The standard InChI is InChI=1S/C17H16F3N5O4S/c1-10(26)23-4-6-24(7-5-23)12-3-2-11(8-13(12)25(28)29)15(27)22-16-21-14(9-30-16)17(18,19)20/h2-3,8-9H,4-7H2,1H3,(H,21,22,27). The van der Waals surface area contributed by atoms with E-state index < -0.39 is 22.7 Å². The van der Waals surface area contributed by atoms with Gasteiger partial charge in [0.1, 0.15) is 5.69 Å². The Labute approximate surface area is 172 Å². The summed E-state index contributed by atoms with van der Waals surface area (Å²) < 4.78 is 37.9. The third kappa shape index (κ3) is 4.67. The molecule has 2 aromatic rings. The van der Waals surface area contributed by atoms with Crippen molar-refractivity contribution in [1.82, 2.24) is 9.88 Å². The third-order valence-electron chi connectivity index (χ3n) is 4.52. The molecule has 1 N–H and O–H groups in total. The molecule has 13 heteroatoms. The molecule has 2 heterocycles. The Morgan fingerprint density at radius 3 is 2.43 bits per heavy atom. The molecule has 3 rings (SSSR count). The van der Waals surface area contributed by atoms with Crippen LogP contribution in [0.25, 0.3) is 0 Å². The van der Waals surface area contributed by atoms with Gasteiger partial charge in [0.25, 0.3) is 11.6 Å². The number of carbonyl (C=O) groups is 2. The number of amides is 2. The van der Waals surface area contributed by atoms with E-state index in [1.165, 1.54) is 19.1 Å². The van der Waals surface area contributed by atoms with Crippen LogP contribution in [0.2, 0.25) is 0 Å². The average molecular weight is 443 g/mol. The quantitative estimate of drug-likeness (QED) is 0.575. The van der Waals surface area contributed by atoms with Crippen LogP contribution in [0, 0.1) is 10.1 Å². The summed E-state index contributed by atoms with van der Waals surface area (Å²) in [4.78, 5) is 41.4. The molecule has 0 radical (unpaired) electrons. The topological polar surface area (TPSA) is 109 Å². The van der Waals surface area contributed by atoms with Crippen LogP contribution in [0.5, 0.6) is 0 Å². The van der Waals surface area contributed by atoms with E-state index in [1.54, 1.807) is 9.80 Å². The fraction of sp³-hybridized carbons (Fsp3) is 0.353. The number of nitro groups is 1. The fourth-order valence-corrected chi connectivity index (χ4v) is 3.68. The van der Waals surface area contributed by atoms with Crippen molar-refractivity contribution in [2.45, 2.75) is 13.1 Å². The number of rotatable bonds is 4. The summed E-state index contributed by atoms with van der Waals surface area (Å²) in [6.07, 6.45) is -4.63. The Balaban J connectivity index is 1.78. The molecule has 1 aliphatic heterocycles. The van der Waals surface area contributed by atoms with Crippen LogP contribution in [-0.2, 0) is 11.0 Å². The highest BCUT2D eigenvalue weighted by Crippen LogP contribution is 2.33. The molecule has 1 saturated heterocycles. The van der Waals surface area contributed by atoms with Crippen LogP contribution in [0.15, 0.2) is 23.6 Å². The van der Waals surface area contributed by atoms with E-state index in [-0.39, 0.29) is 22.3 Å². The van der Waals surface area contributed by atoms with Crippen LogP contribution >= 0.6 is 11.3 Å². The minimum atomic E-state index is -4.63. The van der Waals surface area contributed by atoms with Gasteiger partial charge in [0.2, 0.25) is 5.91 Å². The van der Waals surface area contributed by atoms with Gasteiger partial charge in [0, 0.05) is 50.1 Å². The molecule has 1 aromatic heterocycles. The molecule has 0 unspecified atom stereocenters. The van der Waals surface area contributed by atoms with Crippen LogP contribution in [-0.4, -0.2) is 52.8 Å². The highest BCUT2D eigenvalue weighted by atomic mass is 32.1. The zero-order valence-corrected chi connectivity index (χ0v) is 16.4. The molecule has 0 saturated carbocycles. The fourth-order valence-electron chi connectivity index (χ4n) is 2.97. The average Bonchev–Trinajstić information content (AvgIpc) is 3.16. The molecular weight excluding hydrogens is 427 g/mol. The molecule has 160 valence electrons. The summed E-state index contributed by atoms with van der Waals surface area (Å²) in [6.45, 7) is 3.07. The van der Waals surface area contributed by atoms with Crippen molar-refractivity contribution < 1.29 is 27.7 Å². The Morgan fingerprint density at radius 1 is 1.23 bits per heavy atom. The first-order chi connectivity index (χ1) is 14.1. The zero-order chi connectivity index (χ0) is 22.1. The lowest BCUT2D eigenvalue weighted by atomic mass is 10.1. The van der Waals surface area contributed by atoms with E-state index in [9.17, 15) is 32.9 Å². The number of hydrogen-bond acceptors (Lipinski definition) is 7. The highest BCUT2D eigenvalue weighted by molar-refractivity contribution is 7.14. The Bertz CT molecular complexity index is 986. The first kappa shape index (κ1) is 21.5. The van der Waals surface area contributed by atoms with Crippen molar-refractivity contribution in [3.63, 3.8) is 0 Å². The second-order valence-corrected chi connectivity index (χ2v) is 7.30.